The molecule has 0 aliphatic rings. The van der Waals surface area contributed by atoms with E-state index in [0.29, 0.717) is 10.6 Å². The SMILES string of the molecule is O=C(NC(=S)NNC(=O)c1ccc(Cl)cc1Cl)c1ccccc1. The Kier molecular flexibility index (Phi) is 5.92. The summed E-state index contributed by atoms with van der Waals surface area (Å²) >= 11 is 16.6. The molecule has 2 aromatic rings. The Bertz CT molecular complexity index is 754. The third-order valence-corrected chi connectivity index (χ3v) is 3.48. The Hall–Kier alpha value is -2.15. The second kappa shape index (κ2) is 7.92. The van der Waals surface area contributed by atoms with Gasteiger partial charge in [0, 0.05) is 10.6 Å². The fourth-order valence-electron chi connectivity index (χ4n) is 1.65. The van der Waals surface area contributed by atoms with E-state index in [4.69, 9.17) is 35.4 Å². The molecule has 0 unspecified atom stereocenters. The predicted octanol–water partition coefficient (Wildman–Crippen LogP) is 2.94. The number of benzene rings is 2. The van der Waals surface area contributed by atoms with Gasteiger partial charge in [0.2, 0.25) is 0 Å². The van der Waals surface area contributed by atoms with Crippen molar-refractivity contribution in [2.24, 2.45) is 0 Å². The molecule has 0 aliphatic heterocycles. The minimum absolute atomic E-state index is 0.0442. The quantitative estimate of drug-likeness (QED) is 0.563. The number of carbonyl (C=O) groups is 2. The van der Waals surface area contributed by atoms with Crippen LogP contribution in [0.15, 0.2) is 48.5 Å². The van der Waals surface area contributed by atoms with Crippen molar-refractivity contribution in [3.8, 4) is 0 Å². The van der Waals surface area contributed by atoms with Gasteiger partial charge in [-0.25, -0.2) is 0 Å². The fourth-order valence-corrected chi connectivity index (χ4v) is 2.29. The van der Waals surface area contributed by atoms with Gasteiger partial charge in [0.15, 0.2) is 5.11 Å². The van der Waals surface area contributed by atoms with Crippen LogP contribution in [0.5, 0.6) is 0 Å². The van der Waals surface area contributed by atoms with Crippen LogP contribution < -0.4 is 16.2 Å². The molecule has 2 amide bonds. The monoisotopic (exact) mass is 367 g/mol. The highest BCUT2D eigenvalue weighted by Gasteiger charge is 2.12. The molecule has 2 aromatic carbocycles. The first-order valence-electron chi connectivity index (χ1n) is 6.39. The van der Waals surface area contributed by atoms with Crippen molar-refractivity contribution >= 4 is 52.3 Å². The highest BCUT2D eigenvalue weighted by atomic mass is 35.5. The van der Waals surface area contributed by atoms with E-state index >= 15 is 0 Å². The Labute approximate surface area is 147 Å². The molecule has 0 aromatic heterocycles. The number of nitrogens with one attached hydrogen (secondary N) is 3. The van der Waals surface area contributed by atoms with E-state index in [9.17, 15) is 9.59 Å². The highest BCUT2D eigenvalue weighted by Crippen LogP contribution is 2.20. The summed E-state index contributed by atoms with van der Waals surface area (Å²) < 4.78 is 0. The van der Waals surface area contributed by atoms with E-state index in [0.717, 1.165) is 0 Å². The molecule has 23 heavy (non-hydrogen) atoms. The summed E-state index contributed by atoms with van der Waals surface area (Å²) in [5.41, 5.74) is 5.45. The maximum Gasteiger partial charge on any atom is 0.271 e. The second-order valence-corrected chi connectivity index (χ2v) is 5.60. The predicted molar refractivity (Wildman–Crippen MR) is 93.6 cm³/mol. The molecule has 5 nitrogen and oxygen atoms in total. The fraction of sp³-hybridized carbons (Fsp3) is 0. The van der Waals surface area contributed by atoms with Gasteiger partial charge < -0.3 is 0 Å². The molecular weight excluding hydrogens is 357 g/mol. The summed E-state index contributed by atoms with van der Waals surface area (Å²) in [6.07, 6.45) is 0. The van der Waals surface area contributed by atoms with Crippen molar-refractivity contribution in [2.75, 3.05) is 0 Å². The van der Waals surface area contributed by atoms with Crippen LogP contribution in [-0.4, -0.2) is 16.9 Å². The Balaban J connectivity index is 1.89. The Morgan fingerprint density at radius 2 is 1.61 bits per heavy atom. The number of amides is 2. The van der Waals surface area contributed by atoms with Crippen LogP contribution in [0.3, 0.4) is 0 Å². The lowest BCUT2D eigenvalue weighted by molar-refractivity contribution is 0.0934. The molecule has 8 heteroatoms. The van der Waals surface area contributed by atoms with Gasteiger partial charge in [-0.15, -0.1) is 0 Å². The normalized spacial score (nSPS) is 9.83. The third-order valence-electron chi connectivity index (χ3n) is 2.73. The van der Waals surface area contributed by atoms with Crippen molar-refractivity contribution in [1.29, 1.82) is 0 Å². The van der Waals surface area contributed by atoms with E-state index in [1.807, 2.05) is 0 Å². The van der Waals surface area contributed by atoms with Crippen LogP contribution in [0.2, 0.25) is 10.0 Å². The molecule has 0 heterocycles. The molecular formula is C15H11Cl2N3O2S. The van der Waals surface area contributed by atoms with Crippen LogP contribution in [0, 0.1) is 0 Å². The largest absolute Gasteiger partial charge is 0.298 e. The maximum atomic E-state index is 12.0. The number of carbonyl (C=O) groups excluding carboxylic acids is 2. The summed E-state index contributed by atoms with van der Waals surface area (Å²) in [5.74, 6) is -0.898. The smallest absolute Gasteiger partial charge is 0.271 e. The number of hydrogen-bond acceptors (Lipinski definition) is 3. The number of hydrazine groups is 1. The van der Waals surface area contributed by atoms with Gasteiger partial charge in [-0.3, -0.25) is 25.8 Å². The van der Waals surface area contributed by atoms with E-state index in [-0.39, 0.29) is 21.6 Å². The molecule has 0 saturated carbocycles. The second-order valence-electron chi connectivity index (χ2n) is 4.35. The summed E-state index contributed by atoms with van der Waals surface area (Å²) in [5, 5.41) is 3.02. The summed E-state index contributed by atoms with van der Waals surface area (Å²) in [7, 11) is 0. The Morgan fingerprint density at radius 3 is 2.26 bits per heavy atom. The van der Waals surface area contributed by atoms with E-state index in [1.165, 1.54) is 18.2 Å². The molecule has 118 valence electrons. The van der Waals surface area contributed by atoms with E-state index < -0.39 is 5.91 Å². The zero-order valence-corrected chi connectivity index (χ0v) is 13.9. The first kappa shape index (κ1) is 17.2. The molecule has 0 fully saturated rings. The summed E-state index contributed by atoms with van der Waals surface area (Å²) in [4.78, 5) is 23.8. The standard InChI is InChI=1S/C15H11Cl2N3O2S/c16-10-6-7-11(12(17)8-10)14(22)19-20-15(23)18-13(21)9-4-2-1-3-5-9/h1-8H,(H,19,22)(H2,18,20,21,23). The lowest BCUT2D eigenvalue weighted by atomic mass is 10.2. The summed E-state index contributed by atoms with van der Waals surface area (Å²) in [6.45, 7) is 0. The van der Waals surface area contributed by atoms with Gasteiger partial charge in [-0.1, -0.05) is 41.4 Å². The van der Waals surface area contributed by atoms with Crippen molar-refractivity contribution < 1.29 is 9.59 Å². The maximum absolute atomic E-state index is 12.0. The molecule has 2 rings (SSSR count). The van der Waals surface area contributed by atoms with E-state index in [1.54, 1.807) is 30.3 Å². The van der Waals surface area contributed by atoms with Crippen LogP contribution >= 0.6 is 35.4 Å². The average Bonchev–Trinajstić information content (AvgIpc) is 2.53. The Morgan fingerprint density at radius 1 is 0.913 bits per heavy atom. The molecule has 0 bridgehead atoms. The van der Waals surface area contributed by atoms with Crippen LogP contribution in [-0.2, 0) is 0 Å². The minimum atomic E-state index is -0.511. The molecule has 0 saturated heterocycles. The van der Waals surface area contributed by atoms with Crippen molar-refractivity contribution in [3.05, 3.63) is 69.7 Å². The number of hydrogen-bond donors (Lipinski definition) is 3. The molecule has 0 atom stereocenters. The topological polar surface area (TPSA) is 70.2 Å². The zero-order chi connectivity index (χ0) is 16.8. The van der Waals surface area contributed by atoms with Crippen LogP contribution in [0.1, 0.15) is 20.7 Å². The zero-order valence-electron chi connectivity index (χ0n) is 11.6. The number of rotatable bonds is 2. The van der Waals surface area contributed by atoms with Gasteiger partial charge in [-0.05, 0) is 42.5 Å². The highest BCUT2D eigenvalue weighted by molar-refractivity contribution is 7.80. The van der Waals surface area contributed by atoms with Gasteiger partial charge in [-0.2, -0.15) is 0 Å². The number of thiocarbonyl (C=S) groups is 1. The van der Waals surface area contributed by atoms with Gasteiger partial charge in [0.25, 0.3) is 11.8 Å². The van der Waals surface area contributed by atoms with E-state index in [2.05, 4.69) is 16.2 Å². The average molecular weight is 368 g/mol. The van der Waals surface area contributed by atoms with Crippen molar-refractivity contribution in [2.45, 2.75) is 0 Å². The van der Waals surface area contributed by atoms with Crippen LogP contribution in [0.4, 0.5) is 0 Å². The van der Waals surface area contributed by atoms with Gasteiger partial charge >= 0.3 is 0 Å². The van der Waals surface area contributed by atoms with Crippen LogP contribution in [0.25, 0.3) is 0 Å². The minimum Gasteiger partial charge on any atom is -0.298 e. The third kappa shape index (κ3) is 4.92. The van der Waals surface area contributed by atoms with Crippen molar-refractivity contribution in [3.63, 3.8) is 0 Å². The lowest BCUT2D eigenvalue weighted by Crippen LogP contribution is -2.48. The van der Waals surface area contributed by atoms with Crippen molar-refractivity contribution in [1.82, 2.24) is 16.2 Å². The number of halogens is 2. The molecule has 0 aliphatic carbocycles. The summed E-state index contributed by atoms with van der Waals surface area (Å²) in [6, 6.07) is 13.0. The van der Waals surface area contributed by atoms with Gasteiger partial charge in [0.1, 0.15) is 0 Å². The first-order valence-corrected chi connectivity index (χ1v) is 7.55. The molecule has 0 spiro atoms. The van der Waals surface area contributed by atoms with Gasteiger partial charge in [0.05, 0.1) is 10.6 Å². The lowest BCUT2D eigenvalue weighted by Gasteiger charge is -2.11. The molecule has 3 N–H and O–H groups in total. The first-order chi connectivity index (χ1) is 11.0. The molecule has 0 radical (unpaired) electrons.